The van der Waals surface area contributed by atoms with Crippen molar-refractivity contribution in [2.75, 3.05) is 20.1 Å². The molecule has 0 aliphatic rings. The van der Waals surface area contributed by atoms with Crippen molar-refractivity contribution in [3.05, 3.63) is 51.5 Å². The van der Waals surface area contributed by atoms with Crippen LogP contribution in [0.4, 0.5) is 0 Å². The number of aromatic nitrogens is 1. The van der Waals surface area contributed by atoms with Crippen molar-refractivity contribution >= 4 is 17.2 Å². The monoisotopic (exact) mass is 359 g/mol. The van der Waals surface area contributed by atoms with E-state index in [1.165, 1.54) is 16.9 Å². The molecular formula is C20H29N3OS. The first-order chi connectivity index (χ1) is 12.0. The van der Waals surface area contributed by atoms with Crippen LogP contribution >= 0.6 is 11.3 Å². The van der Waals surface area contributed by atoms with Crippen LogP contribution in [0.1, 0.15) is 46.2 Å². The van der Waals surface area contributed by atoms with Gasteiger partial charge in [0.05, 0.1) is 10.7 Å². The third-order valence-electron chi connectivity index (χ3n) is 3.93. The first-order valence-corrected chi connectivity index (χ1v) is 9.74. The summed E-state index contributed by atoms with van der Waals surface area (Å²) in [6.07, 6.45) is 1.87. The number of benzene rings is 1. The molecule has 4 nitrogen and oxygen atoms in total. The van der Waals surface area contributed by atoms with Gasteiger partial charge in [0, 0.05) is 19.5 Å². The van der Waals surface area contributed by atoms with E-state index in [0.29, 0.717) is 12.5 Å². The normalized spacial score (nSPS) is 11.3. The summed E-state index contributed by atoms with van der Waals surface area (Å²) in [5.74, 6) is 0.567. The maximum absolute atomic E-state index is 12.3. The molecule has 0 saturated heterocycles. The van der Waals surface area contributed by atoms with E-state index >= 15 is 0 Å². The molecule has 2 aromatic rings. The van der Waals surface area contributed by atoms with Crippen LogP contribution in [0.5, 0.6) is 0 Å². The fraction of sp³-hybridized carbons (Fsp3) is 0.500. The number of thiazole rings is 1. The lowest BCUT2D eigenvalue weighted by Crippen LogP contribution is -2.28. The van der Waals surface area contributed by atoms with Crippen LogP contribution in [0.3, 0.4) is 0 Å². The third-order valence-corrected chi connectivity index (χ3v) is 5.11. The maximum Gasteiger partial charge on any atom is 0.263 e. The molecule has 0 aliphatic heterocycles. The minimum absolute atomic E-state index is 0.00992. The van der Waals surface area contributed by atoms with E-state index in [4.69, 9.17) is 0 Å². The Balaban J connectivity index is 1.72. The zero-order valence-electron chi connectivity index (χ0n) is 15.7. The average Bonchev–Trinajstić information content (AvgIpc) is 2.92. The summed E-state index contributed by atoms with van der Waals surface area (Å²) in [4.78, 5) is 19.9. The van der Waals surface area contributed by atoms with Crippen LogP contribution in [0.25, 0.3) is 0 Å². The van der Waals surface area contributed by atoms with Gasteiger partial charge in [-0.05, 0) is 38.4 Å². The topological polar surface area (TPSA) is 45.2 Å². The molecule has 1 amide bonds. The Morgan fingerprint density at radius 2 is 2.00 bits per heavy atom. The van der Waals surface area contributed by atoms with Crippen molar-refractivity contribution in [3.8, 4) is 0 Å². The molecule has 0 unspecified atom stereocenters. The zero-order chi connectivity index (χ0) is 18.2. The molecular weight excluding hydrogens is 330 g/mol. The second-order valence-corrected chi connectivity index (χ2v) is 8.04. The van der Waals surface area contributed by atoms with Crippen LogP contribution in [0.15, 0.2) is 30.3 Å². The van der Waals surface area contributed by atoms with E-state index in [0.717, 1.165) is 41.5 Å². The highest BCUT2D eigenvalue weighted by atomic mass is 32.1. The number of carbonyl (C=O) groups is 1. The van der Waals surface area contributed by atoms with E-state index in [1.807, 2.05) is 13.0 Å². The van der Waals surface area contributed by atoms with Gasteiger partial charge in [0.1, 0.15) is 4.88 Å². The number of nitrogens with one attached hydrogen (secondary N) is 1. The van der Waals surface area contributed by atoms with Crippen LogP contribution in [0, 0.1) is 12.8 Å². The van der Waals surface area contributed by atoms with Crippen LogP contribution < -0.4 is 5.32 Å². The predicted molar refractivity (Wildman–Crippen MR) is 105 cm³/mol. The second kappa shape index (κ2) is 9.68. The average molecular weight is 360 g/mol. The first kappa shape index (κ1) is 19.6. The second-order valence-electron chi connectivity index (χ2n) is 6.95. The summed E-state index contributed by atoms with van der Waals surface area (Å²) in [5.41, 5.74) is 2.16. The maximum atomic E-state index is 12.3. The van der Waals surface area contributed by atoms with Gasteiger partial charge < -0.3 is 10.2 Å². The number of amides is 1. The minimum Gasteiger partial charge on any atom is -0.351 e. The van der Waals surface area contributed by atoms with Gasteiger partial charge in [-0.2, -0.15) is 0 Å². The quantitative estimate of drug-likeness (QED) is 0.691. The Morgan fingerprint density at radius 1 is 1.28 bits per heavy atom. The molecule has 1 aromatic carbocycles. The van der Waals surface area contributed by atoms with Gasteiger partial charge in [0.2, 0.25) is 0 Å². The highest BCUT2D eigenvalue weighted by Crippen LogP contribution is 2.20. The van der Waals surface area contributed by atoms with Gasteiger partial charge in [-0.15, -0.1) is 11.3 Å². The molecule has 0 bridgehead atoms. The number of rotatable bonds is 9. The molecule has 2 rings (SSSR count). The van der Waals surface area contributed by atoms with Crippen molar-refractivity contribution < 1.29 is 4.79 Å². The molecule has 5 heteroatoms. The van der Waals surface area contributed by atoms with E-state index in [-0.39, 0.29) is 5.91 Å². The number of nitrogens with zero attached hydrogens (tertiary/aromatic N) is 2. The summed E-state index contributed by atoms with van der Waals surface area (Å²) in [7, 11) is 2.11. The van der Waals surface area contributed by atoms with E-state index < -0.39 is 0 Å². The Bertz CT molecular complexity index is 667. The summed E-state index contributed by atoms with van der Waals surface area (Å²) in [5, 5.41) is 4.09. The summed E-state index contributed by atoms with van der Waals surface area (Å²) in [6.45, 7) is 8.83. The van der Waals surface area contributed by atoms with Crippen molar-refractivity contribution in [1.29, 1.82) is 0 Å². The molecule has 136 valence electrons. The Kier molecular flexibility index (Phi) is 7.59. The molecule has 0 aliphatic carbocycles. The van der Waals surface area contributed by atoms with Gasteiger partial charge in [0.25, 0.3) is 5.91 Å². The van der Waals surface area contributed by atoms with E-state index in [1.54, 1.807) is 0 Å². The smallest absolute Gasteiger partial charge is 0.263 e. The standard InChI is InChI=1S/C20H29N3OS/c1-15(2)13-18-22-16(3)19(25-18)20(24)21-11-8-12-23(4)14-17-9-6-5-7-10-17/h5-7,9-10,15H,8,11-14H2,1-4H3,(H,21,24). The molecule has 0 spiro atoms. The molecule has 1 N–H and O–H groups in total. The Labute approximate surface area is 155 Å². The third kappa shape index (κ3) is 6.59. The largest absolute Gasteiger partial charge is 0.351 e. The lowest BCUT2D eigenvalue weighted by atomic mass is 10.1. The van der Waals surface area contributed by atoms with Gasteiger partial charge in [-0.25, -0.2) is 4.98 Å². The van der Waals surface area contributed by atoms with Crippen molar-refractivity contribution in [3.63, 3.8) is 0 Å². The highest BCUT2D eigenvalue weighted by Gasteiger charge is 2.15. The Hall–Kier alpha value is -1.72. The SMILES string of the molecule is Cc1nc(CC(C)C)sc1C(=O)NCCCN(C)Cc1ccccc1. The molecule has 25 heavy (non-hydrogen) atoms. The molecule has 0 fully saturated rings. The number of aryl methyl sites for hydroxylation is 1. The first-order valence-electron chi connectivity index (χ1n) is 8.92. The van der Waals surface area contributed by atoms with Gasteiger partial charge in [-0.3, -0.25) is 4.79 Å². The zero-order valence-corrected chi connectivity index (χ0v) is 16.5. The van der Waals surface area contributed by atoms with Gasteiger partial charge in [0.15, 0.2) is 0 Å². The number of hydrogen-bond donors (Lipinski definition) is 1. The van der Waals surface area contributed by atoms with Crippen molar-refractivity contribution in [2.45, 2.75) is 40.2 Å². The van der Waals surface area contributed by atoms with Crippen LogP contribution in [-0.2, 0) is 13.0 Å². The van der Waals surface area contributed by atoms with Crippen LogP contribution in [-0.4, -0.2) is 35.9 Å². The fourth-order valence-electron chi connectivity index (χ4n) is 2.70. The minimum atomic E-state index is 0.00992. The lowest BCUT2D eigenvalue weighted by molar-refractivity contribution is 0.0955. The van der Waals surface area contributed by atoms with Crippen LogP contribution in [0.2, 0.25) is 0 Å². The molecule has 0 atom stereocenters. The fourth-order valence-corrected chi connectivity index (χ4v) is 3.90. The van der Waals surface area contributed by atoms with Crippen molar-refractivity contribution in [1.82, 2.24) is 15.2 Å². The summed E-state index contributed by atoms with van der Waals surface area (Å²) < 4.78 is 0. The molecule has 0 radical (unpaired) electrons. The molecule has 1 aromatic heterocycles. The van der Waals surface area contributed by atoms with Crippen molar-refractivity contribution in [2.24, 2.45) is 5.92 Å². The van der Waals surface area contributed by atoms with E-state index in [9.17, 15) is 4.79 Å². The Morgan fingerprint density at radius 3 is 2.68 bits per heavy atom. The number of hydrogen-bond acceptors (Lipinski definition) is 4. The molecule has 1 heterocycles. The van der Waals surface area contributed by atoms with E-state index in [2.05, 4.69) is 60.4 Å². The number of carbonyl (C=O) groups excluding carboxylic acids is 1. The summed E-state index contributed by atoms with van der Waals surface area (Å²) >= 11 is 1.53. The highest BCUT2D eigenvalue weighted by molar-refractivity contribution is 7.13. The lowest BCUT2D eigenvalue weighted by Gasteiger charge is -2.16. The predicted octanol–water partition coefficient (Wildman–Crippen LogP) is 3.90. The van der Waals surface area contributed by atoms with Gasteiger partial charge in [-0.1, -0.05) is 44.2 Å². The summed E-state index contributed by atoms with van der Waals surface area (Å²) in [6, 6.07) is 10.4. The molecule has 0 saturated carbocycles. The van der Waals surface area contributed by atoms with Gasteiger partial charge >= 0.3 is 0 Å².